The van der Waals surface area contributed by atoms with Gasteiger partial charge in [0.15, 0.2) is 0 Å². The molecule has 0 aromatic heterocycles. The first-order valence-corrected chi connectivity index (χ1v) is 11.6. The molecule has 0 unspecified atom stereocenters. The molecule has 30 heavy (non-hydrogen) atoms. The van der Waals surface area contributed by atoms with Crippen molar-refractivity contribution in [1.29, 1.82) is 0 Å². The van der Waals surface area contributed by atoms with Gasteiger partial charge in [0.2, 0.25) is 0 Å². The summed E-state index contributed by atoms with van der Waals surface area (Å²) >= 11 is 0. The zero-order valence-electron chi connectivity index (χ0n) is 19.3. The molecule has 0 heterocycles. The molecule has 0 fully saturated rings. The van der Waals surface area contributed by atoms with E-state index in [1.807, 2.05) is 39.8 Å². The molecular weight excluding hydrogens is 396 g/mol. The normalized spacial score (nSPS) is 12.5. The SMILES string of the molecule is Cc1ccc(C)c(NS(=O)(=O)c2cc(C(=O)NC(C)(C)CC(C)(C)C)ccc2C)c1. The third kappa shape index (κ3) is 6.33. The van der Waals surface area contributed by atoms with Crippen LogP contribution in [0.3, 0.4) is 0 Å². The molecule has 0 bridgehead atoms. The van der Waals surface area contributed by atoms with E-state index in [9.17, 15) is 13.2 Å². The van der Waals surface area contributed by atoms with Gasteiger partial charge in [-0.1, -0.05) is 39.0 Å². The summed E-state index contributed by atoms with van der Waals surface area (Å²) in [4.78, 5) is 13.0. The van der Waals surface area contributed by atoms with E-state index in [4.69, 9.17) is 0 Å². The molecule has 0 aliphatic rings. The Labute approximate surface area is 181 Å². The molecule has 0 saturated carbocycles. The standard InChI is InChI=1S/C24H34N2O3S/c1-16-9-10-17(2)20(13-16)26-30(28,29)21-14-19(12-11-18(21)3)22(27)25-24(7,8)15-23(4,5)6/h9-14,26H,15H2,1-8H3,(H,25,27). The Morgan fingerprint density at radius 2 is 1.50 bits per heavy atom. The average molecular weight is 431 g/mol. The summed E-state index contributed by atoms with van der Waals surface area (Å²) in [7, 11) is -3.84. The third-order valence-corrected chi connectivity index (χ3v) is 6.31. The van der Waals surface area contributed by atoms with Crippen molar-refractivity contribution in [2.24, 2.45) is 5.41 Å². The fourth-order valence-corrected chi connectivity index (χ4v) is 5.22. The lowest BCUT2D eigenvalue weighted by molar-refractivity contribution is 0.0891. The summed E-state index contributed by atoms with van der Waals surface area (Å²) in [5, 5.41) is 3.04. The maximum atomic E-state index is 13.1. The van der Waals surface area contributed by atoms with Gasteiger partial charge in [0, 0.05) is 11.1 Å². The molecule has 0 atom stereocenters. The number of sulfonamides is 1. The number of rotatable bonds is 6. The van der Waals surface area contributed by atoms with Crippen LogP contribution in [0.15, 0.2) is 41.3 Å². The van der Waals surface area contributed by atoms with E-state index in [0.29, 0.717) is 16.8 Å². The second-order valence-electron chi connectivity index (χ2n) is 9.98. The number of hydrogen-bond donors (Lipinski definition) is 2. The molecule has 0 saturated heterocycles. The molecule has 6 heteroatoms. The number of carbonyl (C=O) groups excluding carboxylic acids is 1. The molecule has 0 spiro atoms. The fourth-order valence-electron chi connectivity index (χ4n) is 3.83. The van der Waals surface area contributed by atoms with Crippen molar-refractivity contribution < 1.29 is 13.2 Å². The summed E-state index contributed by atoms with van der Waals surface area (Å²) in [5.74, 6) is -0.285. The van der Waals surface area contributed by atoms with Gasteiger partial charge in [-0.2, -0.15) is 0 Å². The number of nitrogens with one attached hydrogen (secondary N) is 2. The molecule has 0 radical (unpaired) electrons. The summed E-state index contributed by atoms with van der Waals surface area (Å²) in [6, 6.07) is 10.4. The Hall–Kier alpha value is -2.34. The van der Waals surface area contributed by atoms with Gasteiger partial charge in [0.25, 0.3) is 15.9 Å². The minimum atomic E-state index is -3.84. The number of carbonyl (C=O) groups is 1. The molecular formula is C24H34N2O3S. The minimum absolute atomic E-state index is 0.0498. The quantitative estimate of drug-likeness (QED) is 0.648. The first kappa shape index (κ1) is 23.9. The van der Waals surface area contributed by atoms with Gasteiger partial charge in [-0.15, -0.1) is 0 Å². The van der Waals surface area contributed by atoms with Crippen LogP contribution >= 0.6 is 0 Å². The monoisotopic (exact) mass is 430 g/mol. The summed E-state index contributed by atoms with van der Waals surface area (Å²) in [6.45, 7) is 15.8. The average Bonchev–Trinajstić information content (AvgIpc) is 2.55. The molecule has 5 nitrogen and oxygen atoms in total. The Morgan fingerprint density at radius 3 is 2.10 bits per heavy atom. The highest BCUT2D eigenvalue weighted by atomic mass is 32.2. The maximum absolute atomic E-state index is 13.1. The van der Waals surface area contributed by atoms with E-state index >= 15 is 0 Å². The van der Waals surface area contributed by atoms with Crippen LogP contribution in [0.5, 0.6) is 0 Å². The second kappa shape index (κ2) is 8.42. The number of benzene rings is 2. The summed E-state index contributed by atoms with van der Waals surface area (Å²) in [5.41, 5.74) is 2.87. The third-order valence-electron chi connectivity index (χ3n) is 4.80. The van der Waals surface area contributed by atoms with Crippen LogP contribution in [-0.4, -0.2) is 19.9 Å². The van der Waals surface area contributed by atoms with Crippen LogP contribution in [0.1, 0.15) is 68.1 Å². The highest BCUT2D eigenvalue weighted by Gasteiger charge is 2.28. The zero-order chi connectivity index (χ0) is 22.9. The summed E-state index contributed by atoms with van der Waals surface area (Å²) < 4.78 is 28.9. The van der Waals surface area contributed by atoms with Gasteiger partial charge >= 0.3 is 0 Å². The Balaban J connectivity index is 2.34. The van der Waals surface area contributed by atoms with Crippen LogP contribution < -0.4 is 10.0 Å². The van der Waals surface area contributed by atoms with E-state index in [-0.39, 0.29) is 16.2 Å². The molecule has 164 valence electrons. The smallest absolute Gasteiger partial charge is 0.262 e. The van der Waals surface area contributed by atoms with Crippen molar-refractivity contribution in [3.05, 3.63) is 58.7 Å². The van der Waals surface area contributed by atoms with E-state index in [2.05, 4.69) is 30.8 Å². The van der Waals surface area contributed by atoms with Crippen molar-refractivity contribution in [2.45, 2.75) is 72.2 Å². The molecule has 1 amide bonds. The van der Waals surface area contributed by atoms with Crippen LogP contribution in [0.4, 0.5) is 5.69 Å². The van der Waals surface area contributed by atoms with Gasteiger partial charge in [-0.3, -0.25) is 9.52 Å². The Morgan fingerprint density at radius 1 is 0.900 bits per heavy atom. The number of anilines is 1. The van der Waals surface area contributed by atoms with E-state index in [0.717, 1.165) is 17.5 Å². The molecule has 2 aromatic rings. The topological polar surface area (TPSA) is 75.3 Å². The second-order valence-corrected chi connectivity index (χ2v) is 11.6. The van der Waals surface area contributed by atoms with Gasteiger partial charge in [-0.05, 0) is 81.3 Å². The Bertz CT molecular complexity index is 1050. The molecule has 2 rings (SSSR count). The van der Waals surface area contributed by atoms with Crippen LogP contribution in [0, 0.1) is 26.2 Å². The number of aryl methyl sites for hydroxylation is 3. The lowest BCUT2D eigenvalue weighted by Gasteiger charge is -2.33. The predicted molar refractivity (Wildman–Crippen MR) is 124 cm³/mol. The lowest BCUT2D eigenvalue weighted by atomic mass is 9.81. The van der Waals surface area contributed by atoms with E-state index in [1.54, 1.807) is 25.1 Å². The molecule has 2 aromatic carbocycles. The largest absolute Gasteiger partial charge is 0.347 e. The van der Waals surface area contributed by atoms with Gasteiger partial charge < -0.3 is 5.32 Å². The summed E-state index contributed by atoms with van der Waals surface area (Å²) in [6.07, 6.45) is 0.789. The van der Waals surface area contributed by atoms with Crippen molar-refractivity contribution in [3.8, 4) is 0 Å². The maximum Gasteiger partial charge on any atom is 0.262 e. The van der Waals surface area contributed by atoms with Crippen LogP contribution in [-0.2, 0) is 10.0 Å². The van der Waals surface area contributed by atoms with Gasteiger partial charge in [0.1, 0.15) is 0 Å². The minimum Gasteiger partial charge on any atom is -0.347 e. The molecule has 2 N–H and O–H groups in total. The number of amides is 1. The fraction of sp³-hybridized carbons (Fsp3) is 0.458. The highest BCUT2D eigenvalue weighted by Crippen LogP contribution is 2.28. The molecule has 0 aliphatic heterocycles. The lowest BCUT2D eigenvalue weighted by Crippen LogP contribution is -2.45. The van der Waals surface area contributed by atoms with Crippen LogP contribution in [0.25, 0.3) is 0 Å². The van der Waals surface area contributed by atoms with Crippen molar-refractivity contribution >= 4 is 21.6 Å². The van der Waals surface area contributed by atoms with E-state index < -0.39 is 15.6 Å². The number of hydrogen-bond acceptors (Lipinski definition) is 3. The predicted octanol–water partition coefficient (Wildman–Crippen LogP) is 5.36. The van der Waals surface area contributed by atoms with Gasteiger partial charge in [0.05, 0.1) is 10.6 Å². The zero-order valence-corrected chi connectivity index (χ0v) is 20.1. The van der Waals surface area contributed by atoms with Crippen molar-refractivity contribution in [3.63, 3.8) is 0 Å². The van der Waals surface area contributed by atoms with Gasteiger partial charge in [-0.25, -0.2) is 8.42 Å². The first-order chi connectivity index (χ1) is 13.6. The Kier molecular flexibility index (Phi) is 6.72. The van der Waals surface area contributed by atoms with Crippen LogP contribution in [0.2, 0.25) is 0 Å². The van der Waals surface area contributed by atoms with E-state index in [1.165, 1.54) is 6.07 Å². The first-order valence-electron chi connectivity index (χ1n) is 10.1. The highest BCUT2D eigenvalue weighted by molar-refractivity contribution is 7.92. The van der Waals surface area contributed by atoms with Crippen molar-refractivity contribution in [2.75, 3.05) is 4.72 Å². The van der Waals surface area contributed by atoms with Crippen molar-refractivity contribution in [1.82, 2.24) is 5.32 Å². The molecule has 0 aliphatic carbocycles.